The maximum Gasteiger partial charge on any atom is 0.214 e. The van der Waals surface area contributed by atoms with Gasteiger partial charge in [-0.3, -0.25) is 0 Å². The number of sulfonamides is 1. The van der Waals surface area contributed by atoms with Gasteiger partial charge >= 0.3 is 0 Å². The Hall–Kier alpha value is -0.350. The summed E-state index contributed by atoms with van der Waals surface area (Å²) >= 11 is 0. The summed E-state index contributed by atoms with van der Waals surface area (Å²) in [5, 5.41) is -0.0832. The lowest BCUT2D eigenvalue weighted by Crippen LogP contribution is -2.28. The topological polar surface area (TPSA) is 46.2 Å². The summed E-state index contributed by atoms with van der Waals surface area (Å²) in [5.41, 5.74) is 0. The highest BCUT2D eigenvalue weighted by Gasteiger charge is 2.34. The molecule has 0 heterocycles. The Morgan fingerprint density at radius 2 is 1.75 bits per heavy atom. The summed E-state index contributed by atoms with van der Waals surface area (Å²) in [5.74, 6) is 0. The number of rotatable bonds is 10. The molecular weight excluding hydrogens is 222 g/mol. The molecule has 1 saturated carbocycles. The highest BCUT2D eigenvalue weighted by molar-refractivity contribution is 7.90. The van der Waals surface area contributed by atoms with Crippen LogP contribution in [0.15, 0.2) is 12.7 Å². The molecule has 1 rings (SSSR count). The van der Waals surface area contributed by atoms with Crippen molar-refractivity contribution >= 4 is 10.0 Å². The average molecular weight is 245 g/mol. The minimum absolute atomic E-state index is 0.0832. The Balaban J connectivity index is 1.90. The Labute approximate surface area is 99.4 Å². The number of hydrogen-bond acceptors (Lipinski definition) is 2. The monoisotopic (exact) mass is 245 g/mol. The third-order valence-corrected chi connectivity index (χ3v) is 4.81. The van der Waals surface area contributed by atoms with Crippen molar-refractivity contribution < 1.29 is 8.42 Å². The largest absolute Gasteiger partial charge is 0.215 e. The molecule has 0 aromatic heterocycles. The summed E-state index contributed by atoms with van der Waals surface area (Å²) in [6.07, 6.45) is 10.4. The van der Waals surface area contributed by atoms with Gasteiger partial charge in [0.1, 0.15) is 0 Å². The standard InChI is InChI=1S/C12H23NO2S/c1-2-3-4-5-6-7-8-11-13-16(14,15)12-9-10-12/h2,12-13H,1,3-11H2. The fourth-order valence-corrected chi connectivity index (χ4v) is 3.08. The SMILES string of the molecule is C=CCCCCCCCNS(=O)(=O)C1CC1. The van der Waals surface area contributed by atoms with Gasteiger partial charge in [0.15, 0.2) is 0 Å². The molecule has 0 aliphatic heterocycles. The molecule has 94 valence electrons. The molecule has 16 heavy (non-hydrogen) atoms. The lowest BCUT2D eigenvalue weighted by atomic mass is 10.1. The number of hydrogen-bond donors (Lipinski definition) is 1. The molecule has 0 radical (unpaired) electrons. The van der Waals surface area contributed by atoms with Gasteiger partial charge in [-0.15, -0.1) is 6.58 Å². The number of nitrogens with one attached hydrogen (secondary N) is 1. The van der Waals surface area contributed by atoms with Crippen LogP contribution in [0.3, 0.4) is 0 Å². The first-order valence-electron chi connectivity index (χ1n) is 6.26. The van der Waals surface area contributed by atoms with E-state index in [1.807, 2.05) is 6.08 Å². The van der Waals surface area contributed by atoms with Gasteiger partial charge < -0.3 is 0 Å². The number of allylic oxidation sites excluding steroid dienone is 1. The predicted octanol–water partition coefficient (Wildman–Crippen LogP) is 2.59. The van der Waals surface area contributed by atoms with E-state index < -0.39 is 10.0 Å². The predicted molar refractivity (Wildman–Crippen MR) is 67.8 cm³/mol. The second kappa shape index (κ2) is 7.07. The van der Waals surface area contributed by atoms with Crippen LogP contribution in [0.5, 0.6) is 0 Å². The molecule has 0 spiro atoms. The molecule has 1 fully saturated rings. The molecule has 3 nitrogen and oxygen atoms in total. The van der Waals surface area contributed by atoms with Crippen LogP contribution in [-0.2, 0) is 10.0 Å². The molecule has 1 aliphatic carbocycles. The van der Waals surface area contributed by atoms with E-state index in [1.165, 1.54) is 19.3 Å². The van der Waals surface area contributed by atoms with Crippen molar-refractivity contribution in [2.45, 2.75) is 56.6 Å². The first-order valence-corrected chi connectivity index (χ1v) is 7.81. The molecule has 0 aromatic rings. The normalized spacial score (nSPS) is 16.2. The van der Waals surface area contributed by atoms with Crippen molar-refractivity contribution in [1.82, 2.24) is 4.72 Å². The molecule has 4 heteroatoms. The molecule has 0 atom stereocenters. The second-order valence-corrected chi connectivity index (χ2v) is 6.53. The van der Waals surface area contributed by atoms with Crippen molar-refractivity contribution in [3.05, 3.63) is 12.7 Å². The first-order chi connectivity index (χ1) is 7.67. The van der Waals surface area contributed by atoms with Gasteiger partial charge in [-0.05, 0) is 32.1 Å². The molecule has 1 N–H and O–H groups in total. The van der Waals surface area contributed by atoms with Crippen LogP contribution in [0.4, 0.5) is 0 Å². The molecule has 0 saturated heterocycles. The summed E-state index contributed by atoms with van der Waals surface area (Å²) in [6, 6.07) is 0. The van der Waals surface area contributed by atoms with E-state index in [9.17, 15) is 8.42 Å². The minimum atomic E-state index is -2.95. The van der Waals surface area contributed by atoms with Crippen LogP contribution >= 0.6 is 0 Å². The molecule has 0 amide bonds. The quantitative estimate of drug-likeness (QED) is 0.475. The Morgan fingerprint density at radius 3 is 2.38 bits per heavy atom. The highest BCUT2D eigenvalue weighted by Crippen LogP contribution is 2.27. The number of unbranched alkanes of at least 4 members (excludes halogenated alkanes) is 5. The van der Waals surface area contributed by atoms with Crippen LogP contribution in [0.1, 0.15) is 51.4 Å². The van der Waals surface area contributed by atoms with E-state index in [-0.39, 0.29) is 5.25 Å². The van der Waals surface area contributed by atoms with E-state index >= 15 is 0 Å². The molecule has 0 unspecified atom stereocenters. The molecule has 0 bridgehead atoms. The van der Waals surface area contributed by atoms with Crippen LogP contribution in [0, 0.1) is 0 Å². The van der Waals surface area contributed by atoms with Crippen molar-refractivity contribution in [2.24, 2.45) is 0 Å². The van der Waals surface area contributed by atoms with E-state index in [2.05, 4.69) is 11.3 Å². The van der Waals surface area contributed by atoms with Gasteiger partial charge in [-0.1, -0.05) is 25.3 Å². The van der Waals surface area contributed by atoms with Gasteiger partial charge in [0.25, 0.3) is 0 Å². The second-order valence-electron chi connectivity index (χ2n) is 4.48. The van der Waals surface area contributed by atoms with Gasteiger partial charge in [-0.2, -0.15) is 0 Å². The molecule has 0 aromatic carbocycles. The summed E-state index contributed by atoms with van der Waals surface area (Å²) in [4.78, 5) is 0. The lowest BCUT2D eigenvalue weighted by Gasteiger charge is -2.04. The lowest BCUT2D eigenvalue weighted by molar-refractivity contribution is 0.568. The zero-order valence-electron chi connectivity index (χ0n) is 9.95. The van der Waals surface area contributed by atoms with Gasteiger partial charge in [0.2, 0.25) is 10.0 Å². The Bertz CT molecular complexity index is 294. The Kier molecular flexibility index (Phi) is 6.06. The molecular formula is C12H23NO2S. The average Bonchev–Trinajstić information content (AvgIpc) is 3.05. The highest BCUT2D eigenvalue weighted by atomic mass is 32.2. The van der Waals surface area contributed by atoms with E-state index in [0.717, 1.165) is 32.1 Å². The fraction of sp³-hybridized carbons (Fsp3) is 0.833. The Morgan fingerprint density at radius 1 is 1.12 bits per heavy atom. The zero-order chi connectivity index (χ0) is 11.9. The van der Waals surface area contributed by atoms with Gasteiger partial charge in [-0.25, -0.2) is 13.1 Å². The van der Waals surface area contributed by atoms with Crippen LogP contribution in [-0.4, -0.2) is 20.2 Å². The third-order valence-electron chi connectivity index (χ3n) is 2.85. The maximum atomic E-state index is 11.4. The molecule has 1 aliphatic rings. The van der Waals surface area contributed by atoms with Crippen molar-refractivity contribution in [3.63, 3.8) is 0 Å². The van der Waals surface area contributed by atoms with Crippen molar-refractivity contribution in [1.29, 1.82) is 0 Å². The van der Waals surface area contributed by atoms with Crippen molar-refractivity contribution in [2.75, 3.05) is 6.54 Å². The fourth-order valence-electron chi connectivity index (χ4n) is 1.65. The van der Waals surface area contributed by atoms with Gasteiger partial charge in [0, 0.05) is 6.54 Å². The van der Waals surface area contributed by atoms with E-state index in [0.29, 0.717) is 6.54 Å². The maximum absolute atomic E-state index is 11.4. The first kappa shape index (κ1) is 13.7. The summed E-state index contributed by atoms with van der Waals surface area (Å²) in [6.45, 7) is 4.29. The van der Waals surface area contributed by atoms with Crippen LogP contribution in [0.2, 0.25) is 0 Å². The zero-order valence-corrected chi connectivity index (χ0v) is 10.8. The minimum Gasteiger partial charge on any atom is -0.215 e. The summed E-state index contributed by atoms with van der Waals surface area (Å²) < 4.78 is 25.6. The van der Waals surface area contributed by atoms with E-state index in [1.54, 1.807) is 0 Å². The summed E-state index contributed by atoms with van der Waals surface area (Å²) in [7, 11) is -2.95. The van der Waals surface area contributed by atoms with Crippen molar-refractivity contribution in [3.8, 4) is 0 Å². The van der Waals surface area contributed by atoms with Gasteiger partial charge in [0.05, 0.1) is 5.25 Å². The van der Waals surface area contributed by atoms with Crippen LogP contribution < -0.4 is 4.72 Å². The third kappa shape index (κ3) is 5.66. The smallest absolute Gasteiger partial charge is 0.214 e. The van der Waals surface area contributed by atoms with E-state index in [4.69, 9.17) is 0 Å². The van der Waals surface area contributed by atoms with Crippen LogP contribution in [0.25, 0.3) is 0 Å².